The molecule has 0 aliphatic heterocycles. The summed E-state index contributed by atoms with van der Waals surface area (Å²) >= 11 is 0. The summed E-state index contributed by atoms with van der Waals surface area (Å²) in [5.74, 6) is 0.993. The fourth-order valence-corrected chi connectivity index (χ4v) is 2.23. The maximum atomic E-state index is 4.31. The Bertz CT molecular complexity index is 322. The van der Waals surface area contributed by atoms with Gasteiger partial charge in [0.15, 0.2) is 0 Å². The Kier molecular flexibility index (Phi) is 5.62. The predicted molar refractivity (Wildman–Crippen MR) is 75.4 cm³/mol. The quantitative estimate of drug-likeness (QED) is 0.679. The molecule has 1 N–H and O–H groups in total. The molecule has 1 heterocycles. The van der Waals surface area contributed by atoms with Crippen molar-refractivity contribution in [3.8, 4) is 0 Å². The van der Waals surface area contributed by atoms with Crippen LogP contribution in [-0.4, -0.2) is 36.1 Å². The molecule has 1 aliphatic carbocycles. The summed E-state index contributed by atoms with van der Waals surface area (Å²) in [5.41, 5.74) is 1.13. The normalized spacial score (nSPS) is 15.2. The van der Waals surface area contributed by atoms with E-state index in [0.29, 0.717) is 0 Å². The van der Waals surface area contributed by atoms with E-state index < -0.39 is 0 Å². The zero-order valence-electron chi connectivity index (χ0n) is 11.4. The highest BCUT2D eigenvalue weighted by Crippen LogP contribution is 2.29. The minimum absolute atomic E-state index is 0.879. The van der Waals surface area contributed by atoms with Crippen molar-refractivity contribution < 1.29 is 0 Å². The Morgan fingerprint density at radius 2 is 2.22 bits per heavy atom. The fraction of sp³-hybridized carbons (Fsp3) is 0.667. The van der Waals surface area contributed by atoms with Gasteiger partial charge in [-0.3, -0.25) is 4.98 Å². The van der Waals surface area contributed by atoms with Gasteiger partial charge in [-0.15, -0.1) is 0 Å². The topological polar surface area (TPSA) is 28.2 Å². The van der Waals surface area contributed by atoms with Gasteiger partial charge in [-0.05, 0) is 43.9 Å². The first kappa shape index (κ1) is 13.5. The molecule has 0 bridgehead atoms. The average Bonchev–Trinajstić information content (AvgIpc) is 3.20. The monoisotopic (exact) mass is 247 g/mol. The van der Waals surface area contributed by atoms with Gasteiger partial charge in [0.2, 0.25) is 0 Å². The third kappa shape index (κ3) is 5.15. The number of hydrogen-bond donors (Lipinski definition) is 1. The van der Waals surface area contributed by atoms with E-state index in [-0.39, 0.29) is 0 Å². The summed E-state index contributed by atoms with van der Waals surface area (Å²) in [7, 11) is 0. The molecule has 1 aromatic heterocycles. The van der Waals surface area contributed by atoms with E-state index in [2.05, 4.69) is 28.2 Å². The molecule has 0 amide bonds. The second kappa shape index (κ2) is 7.49. The molecular weight excluding hydrogens is 222 g/mol. The third-order valence-electron chi connectivity index (χ3n) is 3.39. The Hall–Kier alpha value is -0.930. The maximum absolute atomic E-state index is 4.31. The average molecular weight is 247 g/mol. The van der Waals surface area contributed by atoms with Gasteiger partial charge in [0.05, 0.1) is 5.69 Å². The van der Waals surface area contributed by atoms with E-state index in [0.717, 1.165) is 31.2 Å². The second-order valence-electron chi connectivity index (χ2n) is 5.24. The Morgan fingerprint density at radius 1 is 1.33 bits per heavy atom. The van der Waals surface area contributed by atoms with Crippen LogP contribution in [0.3, 0.4) is 0 Å². The van der Waals surface area contributed by atoms with E-state index in [1.807, 2.05) is 18.3 Å². The summed E-state index contributed by atoms with van der Waals surface area (Å²) in [6.45, 7) is 7.91. The Morgan fingerprint density at radius 3 is 2.89 bits per heavy atom. The second-order valence-corrected chi connectivity index (χ2v) is 5.24. The van der Waals surface area contributed by atoms with Crippen LogP contribution >= 0.6 is 0 Å². The van der Waals surface area contributed by atoms with Gasteiger partial charge in [0.1, 0.15) is 0 Å². The fourth-order valence-electron chi connectivity index (χ4n) is 2.23. The molecule has 3 heteroatoms. The number of nitrogens with one attached hydrogen (secondary N) is 1. The van der Waals surface area contributed by atoms with Crippen molar-refractivity contribution in [1.82, 2.24) is 15.2 Å². The molecule has 0 radical (unpaired) electrons. The lowest BCUT2D eigenvalue weighted by Crippen LogP contribution is -2.34. The molecule has 2 rings (SSSR count). The summed E-state index contributed by atoms with van der Waals surface area (Å²) in [6, 6.07) is 6.07. The number of nitrogens with zero attached hydrogens (tertiary/aromatic N) is 2. The minimum Gasteiger partial charge on any atom is -0.310 e. The van der Waals surface area contributed by atoms with Crippen LogP contribution in [-0.2, 0) is 6.54 Å². The van der Waals surface area contributed by atoms with Crippen LogP contribution in [0.1, 0.15) is 31.9 Å². The predicted octanol–water partition coefficient (Wildman–Crippen LogP) is 2.29. The van der Waals surface area contributed by atoms with Crippen LogP contribution < -0.4 is 5.32 Å². The highest BCUT2D eigenvalue weighted by atomic mass is 15.1. The lowest BCUT2D eigenvalue weighted by atomic mass is 10.3. The van der Waals surface area contributed by atoms with Gasteiger partial charge < -0.3 is 10.2 Å². The van der Waals surface area contributed by atoms with Crippen LogP contribution in [0.15, 0.2) is 24.4 Å². The van der Waals surface area contributed by atoms with Gasteiger partial charge in [-0.2, -0.15) is 0 Å². The van der Waals surface area contributed by atoms with Crippen LogP contribution in [0.2, 0.25) is 0 Å². The first-order valence-corrected chi connectivity index (χ1v) is 7.21. The molecule has 1 aliphatic rings. The summed E-state index contributed by atoms with van der Waals surface area (Å²) < 4.78 is 0. The molecule has 100 valence electrons. The van der Waals surface area contributed by atoms with Crippen molar-refractivity contribution in [1.29, 1.82) is 0 Å². The minimum atomic E-state index is 0.879. The summed E-state index contributed by atoms with van der Waals surface area (Å²) in [6.07, 6.45) is 6.00. The van der Waals surface area contributed by atoms with Crippen LogP contribution in [0.25, 0.3) is 0 Å². The molecule has 3 nitrogen and oxygen atoms in total. The van der Waals surface area contributed by atoms with Crippen molar-refractivity contribution in [3.63, 3.8) is 0 Å². The van der Waals surface area contributed by atoms with Gasteiger partial charge in [0.25, 0.3) is 0 Å². The maximum Gasteiger partial charge on any atom is 0.0541 e. The van der Waals surface area contributed by atoms with Crippen molar-refractivity contribution in [2.45, 2.75) is 32.7 Å². The van der Waals surface area contributed by atoms with E-state index in [9.17, 15) is 0 Å². The van der Waals surface area contributed by atoms with E-state index >= 15 is 0 Å². The Balaban J connectivity index is 1.60. The molecule has 0 spiro atoms. The lowest BCUT2D eigenvalue weighted by Gasteiger charge is -2.21. The van der Waals surface area contributed by atoms with Gasteiger partial charge in [-0.25, -0.2) is 0 Å². The molecule has 0 saturated heterocycles. The summed E-state index contributed by atoms with van der Waals surface area (Å²) in [5, 5.41) is 3.48. The van der Waals surface area contributed by atoms with E-state index in [1.54, 1.807) is 0 Å². The van der Waals surface area contributed by atoms with Gasteiger partial charge >= 0.3 is 0 Å². The zero-order valence-corrected chi connectivity index (χ0v) is 11.4. The van der Waals surface area contributed by atoms with Gasteiger partial charge in [-0.1, -0.05) is 13.0 Å². The first-order chi connectivity index (χ1) is 8.88. The largest absolute Gasteiger partial charge is 0.310 e. The number of hydrogen-bond acceptors (Lipinski definition) is 3. The Labute approximate surface area is 111 Å². The highest BCUT2D eigenvalue weighted by molar-refractivity contribution is 5.02. The highest BCUT2D eigenvalue weighted by Gasteiger charge is 2.23. The number of pyridine rings is 1. The van der Waals surface area contributed by atoms with E-state index in [1.165, 1.54) is 32.4 Å². The molecule has 18 heavy (non-hydrogen) atoms. The molecular formula is C15H25N3. The molecule has 1 fully saturated rings. The lowest BCUT2D eigenvalue weighted by molar-refractivity contribution is 0.262. The van der Waals surface area contributed by atoms with Crippen molar-refractivity contribution in [3.05, 3.63) is 30.1 Å². The molecule has 0 atom stereocenters. The van der Waals surface area contributed by atoms with Crippen LogP contribution in [0, 0.1) is 5.92 Å². The molecule has 1 aromatic rings. The number of rotatable bonds is 9. The van der Waals surface area contributed by atoms with Crippen molar-refractivity contribution in [2.24, 2.45) is 5.92 Å². The van der Waals surface area contributed by atoms with Gasteiger partial charge in [0, 0.05) is 32.4 Å². The zero-order chi connectivity index (χ0) is 12.6. The van der Waals surface area contributed by atoms with Crippen LogP contribution in [0.4, 0.5) is 0 Å². The SMILES string of the molecule is CCCN(CCNCc1ccccn1)CC1CC1. The van der Waals surface area contributed by atoms with Crippen molar-refractivity contribution >= 4 is 0 Å². The molecule has 0 unspecified atom stereocenters. The summed E-state index contributed by atoms with van der Waals surface area (Å²) in [4.78, 5) is 6.91. The molecule has 1 saturated carbocycles. The molecule has 0 aromatic carbocycles. The standard InChI is InChI=1S/C15H25N3/c1-2-10-18(13-14-6-7-14)11-9-16-12-15-5-3-4-8-17-15/h3-5,8,14,16H,2,6-7,9-13H2,1H3. The van der Waals surface area contributed by atoms with E-state index in [4.69, 9.17) is 0 Å². The first-order valence-electron chi connectivity index (χ1n) is 7.21. The van der Waals surface area contributed by atoms with Crippen LogP contribution in [0.5, 0.6) is 0 Å². The number of aromatic nitrogens is 1. The smallest absolute Gasteiger partial charge is 0.0541 e. The van der Waals surface area contributed by atoms with Crippen molar-refractivity contribution in [2.75, 3.05) is 26.2 Å². The third-order valence-corrected chi connectivity index (χ3v) is 3.39.